The van der Waals surface area contributed by atoms with E-state index in [1.807, 2.05) is 0 Å². The average molecular weight is 377 g/mol. The smallest absolute Gasteiger partial charge is 0.124 e. The minimum absolute atomic E-state index is 0.944. The van der Waals surface area contributed by atoms with Gasteiger partial charge in [0.05, 0.1) is 10.2 Å². The van der Waals surface area contributed by atoms with E-state index in [9.17, 15) is 0 Å². The van der Waals surface area contributed by atoms with E-state index < -0.39 is 0 Å². The first-order valence-electron chi connectivity index (χ1n) is 8.58. The largest absolute Gasteiger partial charge is 0.329 e. The Balaban J connectivity index is 1.41. The highest BCUT2D eigenvalue weighted by atomic mass is 32.2. The molecule has 1 heterocycles. The van der Waals surface area contributed by atoms with Crippen LogP contribution in [0.4, 0.5) is 5.69 Å². The Kier molecular flexibility index (Phi) is 4.96. The van der Waals surface area contributed by atoms with Gasteiger partial charge in [-0.2, -0.15) is 0 Å². The molecule has 0 unspecified atom stereocenters. The number of aromatic nitrogens is 1. The van der Waals surface area contributed by atoms with E-state index in [0.717, 1.165) is 27.5 Å². The molecule has 2 nitrogen and oxygen atoms in total. The molecule has 0 fully saturated rings. The van der Waals surface area contributed by atoms with Crippen LogP contribution >= 0.6 is 23.3 Å². The van der Waals surface area contributed by atoms with Crippen molar-refractivity contribution in [2.24, 2.45) is 0 Å². The molecule has 4 rings (SSSR count). The lowest BCUT2D eigenvalue weighted by Gasteiger charge is -2.06. The minimum Gasteiger partial charge on any atom is -0.329 e. The maximum Gasteiger partial charge on any atom is 0.124 e. The van der Waals surface area contributed by atoms with Gasteiger partial charge >= 0.3 is 0 Å². The van der Waals surface area contributed by atoms with Gasteiger partial charge in [-0.15, -0.1) is 11.3 Å². The van der Waals surface area contributed by atoms with E-state index in [2.05, 4.69) is 85.3 Å². The molecule has 0 aliphatic carbocycles. The summed E-state index contributed by atoms with van der Waals surface area (Å²) < 4.78 is 4.67. The summed E-state index contributed by atoms with van der Waals surface area (Å²) in [6.07, 6.45) is 0. The van der Waals surface area contributed by atoms with Crippen LogP contribution in [0.25, 0.3) is 20.8 Å². The SMILES string of the molecule is Cc1ccc(CSNc2ccc(-c3nc4ccc(C)cc4s3)cc2)cc1. The standard InChI is InChI=1S/C22H20N2S2/c1-15-3-6-17(7-4-15)14-25-24-19-10-8-18(9-11-19)22-23-20-12-5-16(2)13-21(20)26-22/h3-13,24H,14H2,1-2H3. The van der Waals surface area contributed by atoms with Gasteiger partial charge in [0.1, 0.15) is 5.01 Å². The lowest BCUT2D eigenvalue weighted by molar-refractivity contribution is 1.37. The lowest BCUT2D eigenvalue weighted by atomic mass is 10.2. The minimum atomic E-state index is 0.944. The summed E-state index contributed by atoms with van der Waals surface area (Å²) in [7, 11) is 0. The van der Waals surface area contributed by atoms with E-state index in [4.69, 9.17) is 4.98 Å². The van der Waals surface area contributed by atoms with Gasteiger partial charge in [0.25, 0.3) is 0 Å². The second-order valence-corrected chi connectivity index (χ2v) is 8.26. The Morgan fingerprint density at radius 3 is 2.38 bits per heavy atom. The van der Waals surface area contributed by atoms with Gasteiger partial charge in [0.2, 0.25) is 0 Å². The number of thiazole rings is 1. The third kappa shape index (κ3) is 3.92. The topological polar surface area (TPSA) is 24.9 Å². The maximum absolute atomic E-state index is 4.76. The zero-order chi connectivity index (χ0) is 17.9. The molecular weight excluding hydrogens is 356 g/mol. The highest BCUT2D eigenvalue weighted by Crippen LogP contribution is 2.31. The molecule has 0 spiro atoms. The monoisotopic (exact) mass is 376 g/mol. The molecule has 1 aromatic heterocycles. The third-order valence-corrected chi connectivity index (χ3v) is 6.15. The quantitative estimate of drug-likeness (QED) is 0.386. The zero-order valence-electron chi connectivity index (χ0n) is 14.8. The molecule has 0 bridgehead atoms. The van der Waals surface area contributed by atoms with Crippen LogP contribution in [0.5, 0.6) is 0 Å². The van der Waals surface area contributed by atoms with Crippen molar-refractivity contribution < 1.29 is 0 Å². The Morgan fingerprint density at radius 1 is 0.885 bits per heavy atom. The fourth-order valence-corrected chi connectivity index (χ4v) is 4.53. The van der Waals surface area contributed by atoms with Crippen molar-refractivity contribution in [3.8, 4) is 10.6 Å². The molecule has 26 heavy (non-hydrogen) atoms. The highest BCUT2D eigenvalue weighted by molar-refractivity contribution is 7.99. The van der Waals surface area contributed by atoms with Crippen molar-refractivity contribution in [3.05, 3.63) is 83.4 Å². The average Bonchev–Trinajstić information content (AvgIpc) is 3.07. The van der Waals surface area contributed by atoms with Gasteiger partial charge in [-0.05, 0) is 73.3 Å². The van der Waals surface area contributed by atoms with Crippen molar-refractivity contribution in [2.45, 2.75) is 19.6 Å². The fraction of sp³-hybridized carbons (Fsp3) is 0.136. The van der Waals surface area contributed by atoms with Crippen LogP contribution in [0.3, 0.4) is 0 Å². The van der Waals surface area contributed by atoms with Gasteiger partial charge in [-0.25, -0.2) is 4.98 Å². The van der Waals surface area contributed by atoms with Crippen LogP contribution in [0, 0.1) is 13.8 Å². The van der Waals surface area contributed by atoms with Crippen LogP contribution in [0.1, 0.15) is 16.7 Å². The number of aryl methyl sites for hydroxylation is 2. The van der Waals surface area contributed by atoms with E-state index >= 15 is 0 Å². The molecule has 4 aromatic rings. The van der Waals surface area contributed by atoms with E-state index in [1.165, 1.54) is 21.4 Å². The highest BCUT2D eigenvalue weighted by Gasteiger charge is 2.06. The van der Waals surface area contributed by atoms with Gasteiger partial charge in [-0.3, -0.25) is 0 Å². The number of nitrogens with zero attached hydrogens (tertiary/aromatic N) is 1. The van der Waals surface area contributed by atoms with Crippen molar-refractivity contribution in [3.63, 3.8) is 0 Å². The second kappa shape index (κ2) is 7.52. The first-order valence-corrected chi connectivity index (χ1v) is 10.4. The predicted molar refractivity (Wildman–Crippen MR) is 116 cm³/mol. The molecule has 0 saturated carbocycles. The van der Waals surface area contributed by atoms with Crippen LogP contribution in [-0.4, -0.2) is 4.98 Å². The molecule has 0 aliphatic rings. The Bertz CT molecular complexity index is 1020. The Labute approximate surface area is 162 Å². The molecule has 3 aromatic carbocycles. The van der Waals surface area contributed by atoms with E-state index in [-0.39, 0.29) is 0 Å². The number of anilines is 1. The number of rotatable bonds is 5. The summed E-state index contributed by atoms with van der Waals surface area (Å²) in [5, 5.41) is 1.07. The Hall–Kier alpha value is -2.30. The number of hydrogen-bond acceptors (Lipinski definition) is 4. The number of hydrogen-bond donors (Lipinski definition) is 1. The second-order valence-electron chi connectivity index (χ2n) is 6.44. The van der Waals surface area contributed by atoms with Gasteiger partial charge in [0.15, 0.2) is 0 Å². The molecule has 0 atom stereocenters. The number of fused-ring (bicyclic) bond motifs is 1. The normalized spacial score (nSPS) is 11.0. The van der Waals surface area contributed by atoms with Crippen LogP contribution < -0.4 is 4.72 Å². The van der Waals surface area contributed by atoms with Crippen molar-refractivity contribution >= 4 is 39.2 Å². The molecule has 0 amide bonds. The lowest BCUT2D eigenvalue weighted by Crippen LogP contribution is -1.89. The molecule has 1 N–H and O–H groups in total. The van der Waals surface area contributed by atoms with E-state index in [1.54, 1.807) is 23.3 Å². The first kappa shape index (κ1) is 17.1. The summed E-state index contributed by atoms with van der Waals surface area (Å²) in [4.78, 5) is 4.76. The summed E-state index contributed by atoms with van der Waals surface area (Å²) in [5.74, 6) is 0.944. The van der Waals surface area contributed by atoms with Crippen LogP contribution in [0.15, 0.2) is 66.7 Å². The van der Waals surface area contributed by atoms with Crippen molar-refractivity contribution in [2.75, 3.05) is 4.72 Å². The maximum atomic E-state index is 4.76. The fourth-order valence-electron chi connectivity index (χ4n) is 2.72. The first-order chi connectivity index (χ1) is 12.7. The zero-order valence-corrected chi connectivity index (χ0v) is 16.5. The van der Waals surface area contributed by atoms with E-state index in [0.29, 0.717) is 0 Å². The van der Waals surface area contributed by atoms with Crippen molar-refractivity contribution in [1.82, 2.24) is 4.98 Å². The third-order valence-electron chi connectivity index (χ3n) is 4.23. The van der Waals surface area contributed by atoms with Gasteiger partial charge < -0.3 is 4.72 Å². The van der Waals surface area contributed by atoms with Crippen LogP contribution in [0.2, 0.25) is 0 Å². The summed E-state index contributed by atoms with van der Waals surface area (Å²) in [6.45, 7) is 4.23. The molecule has 0 radical (unpaired) electrons. The Morgan fingerprint density at radius 2 is 1.62 bits per heavy atom. The molecule has 4 heteroatoms. The summed E-state index contributed by atoms with van der Waals surface area (Å²) >= 11 is 3.46. The van der Waals surface area contributed by atoms with Gasteiger partial charge in [-0.1, -0.05) is 35.9 Å². The number of benzene rings is 3. The summed E-state index contributed by atoms with van der Waals surface area (Å²) in [6, 6.07) is 23.6. The molecule has 130 valence electrons. The molecular formula is C22H20N2S2. The molecule has 0 aliphatic heterocycles. The van der Waals surface area contributed by atoms with Crippen molar-refractivity contribution in [1.29, 1.82) is 0 Å². The van der Waals surface area contributed by atoms with Crippen LogP contribution in [-0.2, 0) is 5.75 Å². The predicted octanol–water partition coefficient (Wildman–Crippen LogP) is 6.84. The molecule has 0 saturated heterocycles. The number of nitrogens with one attached hydrogen (secondary N) is 1. The summed E-state index contributed by atoms with van der Waals surface area (Å²) in [5.41, 5.74) is 7.26. The van der Waals surface area contributed by atoms with Gasteiger partial charge in [0, 0.05) is 17.0 Å².